The van der Waals surface area contributed by atoms with E-state index in [0.29, 0.717) is 0 Å². The molecule has 3 aromatic rings. The van der Waals surface area contributed by atoms with Gasteiger partial charge in [0.15, 0.2) is 0 Å². The Morgan fingerprint density at radius 1 is 0.829 bits per heavy atom. The Kier molecular flexibility index (Phi) is 7.60. The van der Waals surface area contributed by atoms with Gasteiger partial charge in [0.25, 0.3) is 20.2 Å². The molecule has 186 valence electrons. The Balaban J connectivity index is 1.86. The fourth-order valence-corrected chi connectivity index (χ4v) is 5.10. The number of benzene rings is 3. The fourth-order valence-electron chi connectivity index (χ4n) is 3.60. The third-order valence-corrected chi connectivity index (χ3v) is 7.04. The average Bonchev–Trinajstić information content (AvgIpc) is 2.76. The molecule has 0 saturated carbocycles. The molecular formula is C23H24N2O8S2. The van der Waals surface area contributed by atoms with Gasteiger partial charge in [-0.05, 0) is 54.3 Å². The second kappa shape index (κ2) is 10.1. The number of amides is 2. The largest absolute Gasteiger partial charge is 0.347 e. The highest BCUT2D eigenvalue weighted by Crippen LogP contribution is 2.35. The first-order valence-corrected chi connectivity index (χ1v) is 13.3. The first-order chi connectivity index (χ1) is 16.3. The lowest BCUT2D eigenvalue weighted by molar-refractivity contribution is -0.123. The van der Waals surface area contributed by atoms with Crippen LogP contribution in [-0.4, -0.2) is 44.3 Å². The zero-order valence-corrected chi connectivity index (χ0v) is 20.5. The van der Waals surface area contributed by atoms with E-state index in [1.807, 2.05) is 31.2 Å². The number of aryl methyl sites for hydroxylation is 2. The van der Waals surface area contributed by atoms with Crippen molar-refractivity contribution >= 4 is 48.5 Å². The zero-order chi connectivity index (χ0) is 26.0. The molecule has 0 radical (unpaired) electrons. The van der Waals surface area contributed by atoms with Gasteiger partial charge >= 0.3 is 0 Å². The summed E-state index contributed by atoms with van der Waals surface area (Å²) in [5, 5.41) is 4.37. The molecule has 35 heavy (non-hydrogen) atoms. The van der Waals surface area contributed by atoms with Crippen molar-refractivity contribution in [3.63, 3.8) is 0 Å². The Labute approximate surface area is 202 Å². The Bertz CT molecular complexity index is 1510. The predicted molar refractivity (Wildman–Crippen MR) is 129 cm³/mol. The summed E-state index contributed by atoms with van der Waals surface area (Å²) < 4.78 is 66.9. The van der Waals surface area contributed by atoms with Crippen LogP contribution in [0.5, 0.6) is 0 Å². The molecule has 0 fully saturated rings. The molecule has 0 aliphatic rings. The fraction of sp³-hybridized carbons (Fsp3) is 0.217. The van der Waals surface area contributed by atoms with Gasteiger partial charge in [0.2, 0.25) is 11.8 Å². The van der Waals surface area contributed by atoms with Crippen molar-refractivity contribution in [3.05, 3.63) is 65.2 Å². The van der Waals surface area contributed by atoms with Crippen LogP contribution in [0.4, 0.5) is 5.69 Å². The summed E-state index contributed by atoms with van der Waals surface area (Å²) in [5.74, 6) is -1.13. The van der Waals surface area contributed by atoms with E-state index in [1.165, 1.54) is 13.0 Å². The van der Waals surface area contributed by atoms with Gasteiger partial charge in [0.05, 0.1) is 18.7 Å². The van der Waals surface area contributed by atoms with E-state index in [-0.39, 0.29) is 28.4 Å². The molecule has 0 aliphatic heterocycles. The predicted octanol–water partition coefficient (Wildman–Crippen LogP) is 2.50. The molecule has 3 rings (SSSR count). The molecule has 0 spiro atoms. The van der Waals surface area contributed by atoms with Crippen LogP contribution in [0.3, 0.4) is 0 Å². The second-order valence-corrected chi connectivity index (χ2v) is 10.7. The smallest absolute Gasteiger partial charge is 0.295 e. The SMILES string of the molecule is CCc1ccc(CC(=O)NCC(=O)Nc2ccc(S(=O)(=O)O)c3cc(C)cc(S(=O)(=O)O)c23)cc1. The first-order valence-electron chi connectivity index (χ1n) is 10.5. The highest BCUT2D eigenvalue weighted by Gasteiger charge is 2.24. The maximum Gasteiger partial charge on any atom is 0.295 e. The van der Waals surface area contributed by atoms with Gasteiger partial charge < -0.3 is 10.6 Å². The lowest BCUT2D eigenvalue weighted by atomic mass is 10.1. The Morgan fingerprint density at radius 2 is 1.43 bits per heavy atom. The van der Waals surface area contributed by atoms with Gasteiger partial charge in [-0.25, -0.2) is 0 Å². The number of hydrogen-bond donors (Lipinski definition) is 4. The normalized spacial score (nSPS) is 11.9. The first kappa shape index (κ1) is 26.3. The molecule has 0 bridgehead atoms. The van der Waals surface area contributed by atoms with Crippen LogP contribution in [0.2, 0.25) is 0 Å². The number of nitrogens with one attached hydrogen (secondary N) is 2. The van der Waals surface area contributed by atoms with Crippen LogP contribution in [0.25, 0.3) is 10.8 Å². The maximum atomic E-state index is 12.5. The molecule has 0 atom stereocenters. The number of carbonyl (C=O) groups is 2. The van der Waals surface area contributed by atoms with Gasteiger partial charge in [-0.3, -0.25) is 18.7 Å². The molecule has 2 amide bonds. The van der Waals surface area contributed by atoms with Crippen molar-refractivity contribution in [2.24, 2.45) is 0 Å². The molecule has 3 aromatic carbocycles. The number of anilines is 1. The summed E-state index contributed by atoms with van der Waals surface area (Å²) in [6.07, 6.45) is 0.918. The molecule has 0 saturated heterocycles. The van der Waals surface area contributed by atoms with Crippen LogP contribution in [0.1, 0.15) is 23.6 Å². The number of hydrogen-bond acceptors (Lipinski definition) is 6. The average molecular weight is 521 g/mol. The zero-order valence-electron chi connectivity index (χ0n) is 18.9. The van der Waals surface area contributed by atoms with E-state index in [2.05, 4.69) is 10.6 Å². The van der Waals surface area contributed by atoms with Crippen molar-refractivity contribution in [3.8, 4) is 0 Å². The van der Waals surface area contributed by atoms with E-state index in [9.17, 15) is 35.5 Å². The van der Waals surface area contributed by atoms with Gasteiger partial charge in [0.1, 0.15) is 9.79 Å². The van der Waals surface area contributed by atoms with Crippen molar-refractivity contribution in [2.75, 3.05) is 11.9 Å². The van der Waals surface area contributed by atoms with E-state index < -0.39 is 48.4 Å². The van der Waals surface area contributed by atoms with E-state index in [4.69, 9.17) is 0 Å². The van der Waals surface area contributed by atoms with Crippen LogP contribution in [-0.2, 0) is 42.7 Å². The van der Waals surface area contributed by atoms with Crippen LogP contribution < -0.4 is 10.6 Å². The molecule has 0 aliphatic carbocycles. The standard InChI is InChI=1S/C23H24N2O8S2/c1-3-15-4-6-16(7-5-15)12-21(26)24-13-22(27)25-18-8-9-19(34(28,29)30)17-10-14(2)11-20(23(17)18)35(31,32)33/h4-11H,3,12-13H2,1-2H3,(H,24,26)(H,25,27)(H,28,29,30)(H,31,32,33). The lowest BCUT2D eigenvalue weighted by Crippen LogP contribution is -2.33. The molecule has 4 N–H and O–H groups in total. The highest BCUT2D eigenvalue weighted by atomic mass is 32.2. The number of carbonyl (C=O) groups excluding carboxylic acids is 2. The molecule has 0 unspecified atom stereocenters. The molecule has 0 heterocycles. The minimum atomic E-state index is -4.84. The van der Waals surface area contributed by atoms with Crippen molar-refractivity contribution in [2.45, 2.75) is 36.5 Å². The highest BCUT2D eigenvalue weighted by molar-refractivity contribution is 7.86. The van der Waals surface area contributed by atoms with Gasteiger partial charge in [-0.2, -0.15) is 16.8 Å². The maximum absolute atomic E-state index is 12.5. The third-order valence-electron chi connectivity index (χ3n) is 5.25. The Morgan fingerprint density at radius 3 is 2.00 bits per heavy atom. The van der Waals surface area contributed by atoms with E-state index >= 15 is 0 Å². The van der Waals surface area contributed by atoms with Gasteiger partial charge in [-0.1, -0.05) is 31.2 Å². The summed E-state index contributed by atoms with van der Waals surface area (Å²) in [6.45, 7) is 3.04. The summed E-state index contributed by atoms with van der Waals surface area (Å²) in [5.41, 5.74) is 2.05. The summed E-state index contributed by atoms with van der Waals surface area (Å²) in [7, 11) is -9.59. The number of fused-ring (bicyclic) bond motifs is 1. The summed E-state index contributed by atoms with van der Waals surface area (Å²) in [4.78, 5) is 23.5. The molecule has 12 heteroatoms. The van der Waals surface area contributed by atoms with Crippen molar-refractivity contribution < 1.29 is 35.5 Å². The summed E-state index contributed by atoms with van der Waals surface area (Å²) >= 11 is 0. The lowest BCUT2D eigenvalue weighted by Gasteiger charge is -2.15. The molecule has 0 aromatic heterocycles. The van der Waals surface area contributed by atoms with E-state index in [1.54, 1.807) is 0 Å². The quantitative estimate of drug-likeness (QED) is 0.329. The molecule has 10 nitrogen and oxygen atoms in total. The van der Waals surface area contributed by atoms with Crippen LogP contribution in [0.15, 0.2) is 58.3 Å². The number of rotatable bonds is 8. The minimum absolute atomic E-state index is 0.0510. The third kappa shape index (κ3) is 6.42. The minimum Gasteiger partial charge on any atom is -0.347 e. The topological polar surface area (TPSA) is 167 Å². The van der Waals surface area contributed by atoms with Crippen LogP contribution >= 0.6 is 0 Å². The van der Waals surface area contributed by atoms with Crippen molar-refractivity contribution in [1.82, 2.24) is 5.32 Å². The van der Waals surface area contributed by atoms with E-state index in [0.717, 1.165) is 35.7 Å². The van der Waals surface area contributed by atoms with Gasteiger partial charge in [-0.15, -0.1) is 0 Å². The summed E-state index contributed by atoms with van der Waals surface area (Å²) in [6, 6.07) is 11.9. The van der Waals surface area contributed by atoms with Gasteiger partial charge in [0, 0.05) is 10.8 Å². The molecular weight excluding hydrogens is 496 g/mol. The Hall–Kier alpha value is -3.32. The monoisotopic (exact) mass is 520 g/mol. The van der Waals surface area contributed by atoms with Crippen molar-refractivity contribution in [1.29, 1.82) is 0 Å². The second-order valence-electron chi connectivity index (χ2n) is 7.92. The van der Waals surface area contributed by atoms with Crippen LogP contribution in [0, 0.1) is 6.92 Å².